The van der Waals surface area contributed by atoms with Crippen LogP contribution in [0.15, 0.2) is 23.9 Å². The highest BCUT2D eigenvalue weighted by Crippen LogP contribution is 2.00. The van der Waals surface area contributed by atoms with Crippen molar-refractivity contribution in [2.24, 2.45) is 11.5 Å². The second-order valence-electron chi connectivity index (χ2n) is 3.64. The van der Waals surface area contributed by atoms with Crippen LogP contribution in [0.25, 0.3) is 0 Å². The Bertz CT molecular complexity index is 439. The molecule has 0 aliphatic heterocycles. The number of hydrogen-bond acceptors (Lipinski definition) is 6. The van der Waals surface area contributed by atoms with Crippen molar-refractivity contribution in [3.8, 4) is 0 Å². The van der Waals surface area contributed by atoms with E-state index in [0.29, 0.717) is 6.42 Å². The molecule has 18 heavy (non-hydrogen) atoms. The van der Waals surface area contributed by atoms with Crippen LogP contribution in [0.2, 0.25) is 0 Å². The first-order valence-corrected chi connectivity index (χ1v) is 5.23. The molecule has 1 aromatic heterocycles. The van der Waals surface area contributed by atoms with Crippen LogP contribution in [0.4, 0.5) is 0 Å². The number of primary amides is 1. The number of imidazole rings is 1. The van der Waals surface area contributed by atoms with E-state index in [0.717, 1.165) is 11.9 Å². The van der Waals surface area contributed by atoms with E-state index in [4.69, 9.17) is 16.9 Å². The molecule has 0 spiro atoms. The van der Waals surface area contributed by atoms with Crippen LogP contribution in [-0.4, -0.2) is 39.8 Å². The Morgan fingerprint density at radius 1 is 1.67 bits per heavy atom. The summed E-state index contributed by atoms with van der Waals surface area (Å²) in [7, 11) is 0. The van der Waals surface area contributed by atoms with Crippen LogP contribution >= 0.6 is 0 Å². The molecular weight excluding hydrogens is 236 g/mol. The molecule has 0 aromatic carbocycles. The summed E-state index contributed by atoms with van der Waals surface area (Å²) in [5.41, 5.74) is 11.4. The summed E-state index contributed by atoms with van der Waals surface area (Å²) >= 11 is 0. The number of aliphatic hydroxyl groups is 1. The number of hydrogen-bond donors (Lipinski definition) is 6. The minimum Gasteiger partial charge on any atom is -0.394 e. The standard InChI is InChI=1S/C10H16N6O2/c11-2-8(10(13)18)9(12)16-7(4-17)1-6-3-14-5-15-6/h2-3,5,7,11,16-17H,1,4,12H2,(H2,13,18)(H,14,15)/b9-8-,11-2?/t7-/m0/s1. The van der Waals surface area contributed by atoms with Gasteiger partial charge in [-0.3, -0.25) is 4.79 Å². The fourth-order valence-corrected chi connectivity index (χ4v) is 1.40. The molecular formula is C10H16N6O2. The zero-order chi connectivity index (χ0) is 13.5. The maximum Gasteiger partial charge on any atom is 0.253 e. The predicted molar refractivity (Wildman–Crippen MR) is 65.5 cm³/mol. The van der Waals surface area contributed by atoms with E-state index in [1.54, 1.807) is 6.20 Å². The van der Waals surface area contributed by atoms with E-state index in [9.17, 15) is 9.90 Å². The maximum absolute atomic E-state index is 11.0. The molecule has 0 saturated carbocycles. The van der Waals surface area contributed by atoms with Crippen molar-refractivity contribution in [3.05, 3.63) is 29.6 Å². The molecule has 8 nitrogen and oxygen atoms in total. The zero-order valence-corrected chi connectivity index (χ0v) is 9.68. The van der Waals surface area contributed by atoms with Crippen LogP contribution in [0.1, 0.15) is 5.69 Å². The highest BCUT2D eigenvalue weighted by Gasteiger charge is 2.13. The lowest BCUT2D eigenvalue weighted by molar-refractivity contribution is -0.114. The van der Waals surface area contributed by atoms with Gasteiger partial charge in [0, 0.05) is 24.5 Å². The lowest BCUT2D eigenvalue weighted by Crippen LogP contribution is -2.39. The van der Waals surface area contributed by atoms with Crippen LogP contribution in [-0.2, 0) is 11.2 Å². The number of nitrogens with one attached hydrogen (secondary N) is 3. The molecule has 1 aromatic rings. The topological polar surface area (TPSA) is 154 Å². The molecule has 0 aliphatic rings. The second-order valence-corrected chi connectivity index (χ2v) is 3.64. The molecule has 1 heterocycles. The van der Waals surface area contributed by atoms with Crippen molar-refractivity contribution < 1.29 is 9.90 Å². The number of nitrogens with two attached hydrogens (primary N) is 2. The Hall–Kier alpha value is -2.35. The molecule has 1 rings (SSSR count). The normalized spacial score (nSPS) is 13.6. The second kappa shape index (κ2) is 6.40. The predicted octanol–water partition coefficient (Wildman–Crippen LogP) is -1.79. The van der Waals surface area contributed by atoms with E-state index in [2.05, 4.69) is 15.3 Å². The number of carbonyl (C=O) groups excluding carboxylic acids is 1. The molecule has 0 radical (unpaired) electrons. The van der Waals surface area contributed by atoms with Gasteiger partial charge in [0.25, 0.3) is 5.91 Å². The summed E-state index contributed by atoms with van der Waals surface area (Å²) in [6.07, 6.45) is 4.36. The number of rotatable bonds is 7. The minimum atomic E-state index is -0.798. The smallest absolute Gasteiger partial charge is 0.253 e. The Morgan fingerprint density at radius 2 is 2.39 bits per heavy atom. The highest BCUT2D eigenvalue weighted by atomic mass is 16.3. The number of amides is 1. The Kier molecular flexibility index (Phi) is 4.88. The summed E-state index contributed by atoms with van der Waals surface area (Å²) in [5.74, 6) is -0.829. The number of H-pyrrole nitrogens is 1. The summed E-state index contributed by atoms with van der Waals surface area (Å²) in [6, 6.07) is -0.403. The summed E-state index contributed by atoms with van der Waals surface area (Å²) in [6.45, 7) is -0.191. The van der Waals surface area contributed by atoms with Gasteiger partial charge in [0.2, 0.25) is 0 Å². The molecule has 0 unspecified atom stereocenters. The van der Waals surface area contributed by atoms with Gasteiger partial charge < -0.3 is 32.3 Å². The zero-order valence-electron chi connectivity index (χ0n) is 9.68. The number of aromatic amines is 1. The van der Waals surface area contributed by atoms with Crippen LogP contribution < -0.4 is 16.8 Å². The molecule has 1 atom stereocenters. The summed E-state index contributed by atoms with van der Waals surface area (Å²) in [4.78, 5) is 17.7. The van der Waals surface area contributed by atoms with Gasteiger partial charge >= 0.3 is 0 Å². The van der Waals surface area contributed by atoms with E-state index in [1.807, 2.05) is 0 Å². The third-order valence-corrected chi connectivity index (χ3v) is 2.30. The maximum atomic E-state index is 11.0. The molecule has 8 N–H and O–H groups in total. The fourth-order valence-electron chi connectivity index (χ4n) is 1.40. The molecule has 0 fully saturated rings. The molecule has 1 amide bonds. The molecule has 8 heteroatoms. The lowest BCUT2D eigenvalue weighted by atomic mass is 10.1. The average Bonchev–Trinajstić information content (AvgIpc) is 2.81. The summed E-state index contributed by atoms with van der Waals surface area (Å²) in [5, 5.41) is 19.0. The van der Waals surface area contributed by atoms with Crippen molar-refractivity contribution in [1.82, 2.24) is 15.3 Å². The van der Waals surface area contributed by atoms with Crippen molar-refractivity contribution in [3.63, 3.8) is 0 Å². The molecule has 98 valence electrons. The van der Waals surface area contributed by atoms with Gasteiger partial charge in [-0.1, -0.05) is 0 Å². The molecule has 0 bridgehead atoms. The number of nitrogens with zero attached hydrogens (tertiary/aromatic N) is 1. The Balaban J connectivity index is 2.73. The van der Waals surface area contributed by atoms with Crippen LogP contribution in [0.3, 0.4) is 0 Å². The lowest BCUT2D eigenvalue weighted by Gasteiger charge is -2.17. The van der Waals surface area contributed by atoms with Crippen molar-refractivity contribution >= 4 is 12.1 Å². The number of carbonyl (C=O) groups is 1. The monoisotopic (exact) mass is 252 g/mol. The van der Waals surface area contributed by atoms with Crippen molar-refractivity contribution in [2.45, 2.75) is 12.5 Å². The van der Waals surface area contributed by atoms with Crippen molar-refractivity contribution in [1.29, 1.82) is 5.41 Å². The van der Waals surface area contributed by atoms with Gasteiger partial charge in [-0.25, -0.2) is 4.98 Å². The van der Waals surface area contributed by atoms with Gasteiger partial charge in [-0.15, -0.1) is 0 Å². The van der Waals surface area contributed by atoms with E-state index >= 15 is 0 Å². The first kappa shape index (κ1) is 13.7. The van der Waals surface area contributed by atoms with Gasteiger partial charge in [-0.05, 0) is 0 Å². The highest BCUT2D eigenvalue weighted by molar-refractivity contribution is 6.11. The van der Waals surface area contributed by atoms with Gasteiger partial charge in [0.15, 0.2) is 0 Å². The SMILES string of the molecule is N=C/C(C(N)=O)=C(\N)N[C@H](CO)Cc1cnc[nH]1. The van der Waals surface area contributed by atoms with Gasteiger partial charge in [0.05, 0.1) is 24.5 Å². The molecule has 0 aliphatic carbocycles. The Labute approximate surface area is 104 Å². The third kappa shape index (κ3) is 3.59. The van der Waals surface area contributed by atoms with E-state index in [-0.39, 0.29) is 18.0 Å². The van der Waals surface area contributed by atoms with E-state index < -0.39 is 11.9 Å². The van der Waals surface area contributed by atoms with Crippen LogP contribution in [0, 0.1) is 5.41 Å². The number of aromatic nitrogens is 2. The van der Waals surface area contributed by atoms with Crippen LogP contribution in [0.5, 0.6) is 0 Å². The first-order chi connectivity index (χ1) is 8.58. The fraction of sp³-hybridized carbons (Fsp3) is 0.300. The largest absolute Gasteiger partial charge is 0.394 e. The third-order valence-electron chi connectivity index (χ3n) is 2.30. The van der Waals surface area contributed by atoms with E-state index in [1.165, 1.54) is 6.33 Å². The summed E-state index contributed by atoms with van der Waals surface area (Å²) < 4.78 is 0. The first-order valence-electron chi connectivity index (χ1n) is 5.23. The minimum absolute atomic E-state index is 0.0314. The molecule has 0 saturated heterocycles. The van der Waals surface area contributed by atoms with Gasteiger partial charge in [0.1, 0.15) is 5.82 Å². The van der Waals surface area contributed by atoms with Crippen molar-refractivity contribution in [2.75, 3.05) is 6.61 Å². The number of aliphatic hydroxyl groups excluding tert-OH is 1. The quantitative estimate of drug-likeness (QED) is 0.250. The van der Waals surface area contributed by atoms with Gasteiger partial charge in [-0.2, -0.15) is 0 Å². The Morgan fingerprint density at radius 3 is 2.83 bits per heavy atom. The average molecular weight is 252 g/mol.